The Morgan fingerprint density at radius 1 is 0.727 bits per heavy atom. The summed E-state index contributed by atoms with van der Waals surface area (Å²) in [6.45, 7) is 9.24. The minimum Gasteiger partial charge on any atom is -0.307 e. The maximum absolute atomic E-state index is 2.58. The minimum absolute atomic E-state index is 0.451. The van der Waals surface area contributed by atoms with Crippen LogP contribution in [0.5, 0.6) is 0 Å². The van der Waals surface area contributed by atoms with E-state index in [0.29, 0.717) is 5.92 Å². The SMILES string of the molecule is Cc1c2ccccc2c(C)c2c1c1c3c(cc[n+]1C)cc(C(C)C)c1c4ccccc4n2c13. The fraction of sp³-hybridized carbons (Fsp3) is 0.194. The Bertz CT molecular complexity index is 1920. The molecule has 7 aromatic rings. The van der Waals surface area contributed by atoms with Crippen LogP contribution >= 0.6 is 0 Å². The van der Waals surface area contributed by atoms with Crippen LogP contribution in [0.25, 0.3) is 59.8 Å². The molecule has 2 heteroatoms. The maximum Gasteiger partial charge on any atom is 0.224 e. The van der Waals surface area contributed by atoms with Crippen LogP contribution in [-0.4, -0.2) is 4.40 Å². The Morgan fingerprint density at radius 2 is 1.39 bits per heavy atom. The van der Waals surface area contributed by atoms with Crippen LogP contribution < -0.4 is 4.57 Å². The van der Waals surface area contributed by atoms with Crippen molar-refractivity contribution < 1.29 is 4.57 Å². The van der Waals surface area contributed by atoms with Crippen LogP contribution in [0, 0.1) is 13.8 Å². The first-order chi connectivity index (χ1) is 16.0. The molecule has 33 heavy (non-hydrogen) atoms. The molecular formula is C31H27N2+. The summed E-state index contributed by atoms with van der Waals surface area (Å²) in [6, 6.07) is 22.6. The number of para-hydroxylation sites is 1. The van der Waals surface area contributed by atoms with Crippen molar-refractivity contribution in [3.8, 4) is 0 Å². The number of benzene rings is 4. The molecule has 0 atom stereocenters. The van der Waals surface area contributed by atoms with Crippen molar-refractivity contribution in [2.24, 2.45) is 7.05 Å². The quantitative estimate of drug-likeness (QED) is 0.144. The fourth-order valence-corrected chi connectivity index (χ4v) is 6.36. The van der Waals surface area contributed by atoms with E-state index >= 15 is 0 Å². The molecule has 0 fully saturated rings. The van der Waals surface area contributed by atoms with Gasteiger partial charge in [-0.05, 0) is 64.7 Å². The van der Waals surface area contributed by atoms with E-state index in [4.69, 9.17) is 0 Å². The zero-order chi connectivity index (χ0) is 22.6. The van der Waals surface area contributed by atoms with E-state index in [1.165, 1.54) is 76.5 Å². The van der Waals surface area contributed by atoms with Crippen molar-refractivity contribution in [1.29, 1.82) is 0 Å². The predicted octanol–water partition coefficient (Wildman–Crippen LogP) is 7.71. The lowest BCUT2D eigenvalue weighted by Gasteiger charge is -2.18. The van der Waals surface area contributed by atoms with E-state index in [2.05, 4.69) is 111 Å². The van der Waals surface area contributed by atoms with Gasteiger partial charge >= 0.3 is 0 Å². The molecule has 0 radical (unpaired) electrons. The molecule has 2 nitrogen and oxygen atoms in total. The van der Waals surface area contributed by atoms with E-state index in [0.717, 1.165) is 0 Å². The molecule has 7 rings (SSSR count). The smallest absolute Gasteiger partial charge is 0.224 e. The van der Waals surface area contributed by atoms with Crippen molar-refractivity contribution in [3.05, 3.63) is 83.6 Å². The van der Waals surface area contributed by atoms with Crippen LogP contribution in [0.15, 0.2) is 66.9 Å². The van der Waals surface area contributed by atoms with Gasteiger partial charge in [0.2, 0.25) is 5.52 Å². The first-order valence-electron chi connectivity index (χ1n) is 11.9. The Hall–Kier alpha value is -3.65. The number of fused-ring (bicyclic) bond motifs is 7. The summed E-state index contributed by atoms with van der Waals surface area (Å²) in [5.41, 5.74) is 9.50. The highest BCUT2D eigenvalue weighted by molar-refractivity contribution is 6.29. The summed E-state index contributed by atoms with van der Waals surface area (Å²) in [4.78, 5) is 0. The zero-order valence-electron chi connectivity index (χ0n) is 19.8. The van der Waals surface area contributed by atoms with Crippen molar-refractivity contribution in [2.75, 3.05) is 0 Å². The molecule has 0 aliphatic heterocycles. The van der Waals surface area contributed by atoms with Crippen LogP contribution in [0.4, 0.5) is 0 Å². The van der Waals surface area contributed by atoms with Gasteiger partial charge in [-0.2, -0.15) is 0 Å². The molecule has 0 saturated heterocycles. The van der Waals surface area contributed by atoms with Crippen molar-refractivity contribution in [2.45, 2.75) is 33.6 Å². The average molecular weight is 428 g/mol. The lowest BCUT2D eigenvalue weighted by atomic mass is 9.90. The number of nitrogens with zero attached hydrogens (tertiary/aromatic N) is 2. The van der Waals surface area contributed by atoms with Gasteiger partial charge in [-0.15, -0.1) is 0 Å². The van der Waals surface area contributed by atoms with Crippen LogP contribution in [0.1, 0.15) is 36.5 Å². The van der Waals surface area contributed by atoms with E-state index in [9.17, 15) is 0 Å². The number of aromatic nitrogens is 2. The molecule has 160 valence electrons. The molecule has 0 bridgehead atoms. The van der Waals surface area contributed by atoms with Gasteiger partial charge in [0.1, 0.15) is 7.05 Å². The van der Waals surface area contributed by atoms with Gasteiger partial charge in [0, 0.05) is 16.8 Å². The molecular weight excluding hydrogens is 400 g/mol. The van der Waals surface area contributed by atoms with E-state index in [1.807, 2.05) is 0 Å². The molecule has 3 heterocycles. The first kappa shape index (κ1) is 18.9. The van der Waals surface area contributed by atoms with Crippen LogP contribution in [0.3, 0.4) is 0 Å². The molecule has 0 N–H and O–H groups in total. The third-order valence-electron chi connectivity index (χ3n) is 7.85. The van der Waals surface area contributed by atoms with Gasteiger partial charge < -0.3 is 4.40 Å². The highest BCUT2D eigenvalue weighted by Gasteiger charge is 2.27. The molecule has 0 aliphatic rings. The summed E-state index contributed by atoms with van der Waals surface area (Å²) in [5.74, 6) is 0.451. The van der Waals surface area contributed by atoms with Crippen molar-refractivity contribution >= 4 is 59.8 Å². The third kappa shape index (κ3) is 2.17. The normalized spacial score (nSPS) is 12.7. The number of hydrogen-bond donors (Lipinski definition) is 0. The Kier molecular flexibility index (Phi) is 3.56. The first-order valence-corrected chi connectivity index (χ1v) is 11.9. The summed E-state index contributed by atoms with van der Waals surface area (Å²) in [5, 5.41) is 9.54. The summed E-state index contributed by atoms with van der Waals surface area (Å²) >= 11 is 0. The summed E-state index contributed by atoms with van der Waals surface area (Å²) in [6.07, 6.45) is 2.24. The maximum atomic E-state index is 2.58. The van der Waals surface area contributed by atoms with Gasteiger partial charge in [-0.1, -0.05) is 56.3 Å². The Balaban J connectivity index is 2.00. The monoisotopic (exact) mass is 427 g/mol. The lowest BCUT2D eigenvalue weighted by molar-refractivity contribution is -0.643. The van der Waals surface area contributed by atoms with Crippen molar-refractivity contribution in [1.82, 2.24) is 4.40 Å². The molecule has 0 saturated carbocycles. The van der Waals surface area contributed by atoms with Gasteiger partial charge in [-0.3, -0.25) is 0 Å². The topological polar surface area (TPSA) is 8.29 Å². The Morgan fingerprint density at radius 3 is 2.12 bits per heavy atom. The zero-order valence-corrected chi connectivity index (χ0v) is 19.8. The lowest BCUT2D eigenvalue weighted by Crippen LogP contribution is -2.29. The summed E-state index contributed by atoms with van der Waals surface area (Å²) < 4.78 is 4.91. The minimum atomic E-state index is 0.451. The molecule has 0 spiro atoms. The number of rotatable bonds is 1. The standard InChI is InChI=1S/C31H27N2/c1-17(2)24-16-20-14-15-32(5)30-26-18(3)21-10-6-7-11-22(21)19(4)29(26)33-25-13-9-8-12-23(25)28(24)31(33)27(20)30/h6-17H,1-5H3/q+1. The number of pyridine rings is 2. The molecule has 0 amide bonds. The largest absolute Gasteiger partial charge is 0.307 e. The second kappa shape index (κ2) is 6.23. The fourth-order valence-electron chi connectivity index (χ4n) is 6.36. The summed E-state index contributed by atoms with van der Waals surface area (Å²) in [7, 11) is 2.20. The molecule has 0 aliphatic carbocycles. The van der Waals surface area contributed by atoms with Gasteiger partial charge in [-0.25, -0.2) is 4.57 Å². The predicted molar refractivity (Wildman–Crippen MR) is 141 cm³/mol. The molecule has 4 aromatic carbocycles. The van der Waals surface area contributed by atoms with Crippen LogP contribution in [-0.2, 0) is 7.05 Å². The molecule has 3 aromatic heterocycles. The van der Waals surface area contributed by atoms with E-state index < -0.39 is 0 Å². The van der Waals surface area contributed by atoms with Crippen LogP contribution in [0.2, 0.25) is 0 Å². The van der Waals surface area contributed by atoms with E-state index in [-0.39, 0.29) is 0 Å². The second-order valence-electron chi connectivity index (χ2n) is 9.96. The molecule has 0 unspecified atom stereocenters. The van der Waals surface area contributed by atoms with Crippen molar-refractivity contribution in [3.63, 3.8) is 0 Å². The highest BCUT2D eigenvalue weighted by atomic mass is 15.0. The Labute approximate surface area is 193 Å². The highest BCUT2D eigenvalue weighted by Crippen LogP contribution is 2.46. The van der Waals surface area contributed by atoms with Gasteiger partial charge in [0.15, 0.2) is 6.20 Å². The third-order valence-corrected chi connectivity index (χ3v) is 7.85. The van der Waals surface area contributed by atoms with Gasteiger partial charge in [0.05, 0.1) is 27.3 Å². The van der Waals surface area contributed by atoms with E-state index in [1.54, 1.807) is 0 Å². The average Bonchev–Trinajstić information content (AvgIpc) is 3.17. The number of aryl methyl sites for hydroxylation is 3. The van der Waals surface area contributed by atoms with Gasteiger partial charge in [0.25, 0.3) is 0 Å². The second-order valence-corrected chi connectivity index (χ2v) is 9.96. The number of hydrogen-bond acceptors (Lipinski definition) is 0.